The van der Waals surface area contributed by atoms with Gasteiger partial charge in [0.05, 0.1) is 30.7 Å². The maximum absolute atomic E-state index is 12.3. The molecule has 0 spiro atoms. The summed E-state index contributed by atoms with van der Waals surface area (Å²) in [6.07, 6.45) is 2.11. The smallest absolute Gasteiger partial charge is 0.337 e. The summed E-state index contributed by atoms with van der Waals surface area (Å²) in [6.45, 7) is 0. The molecule has 3 N–H and O–H groups in total. The van der Waals surface area contributed by atoms with E-state index in [1.54, 1.807) is 41.6 Å². The minimum Gasteiger partial charge on any atom is -0.468 e. The normalized spacial score (nSPS) is 20.2. The number of benzene rings is 1. The number of methoxy groups -OCH3 is 1. The monoisotopic (exact) mass is 429 g/mol. The number of nitrogens with zero attached hydrogens (tertiary/aromatic N) is 2. The number of thioether (sulfide) groups is 1. The quantitative estimate of drug-likeness (QED) is 0.610. The van der Waals surface area contributed by atoms with Crippen molar-refractivity contribution in [2.75, 3.05) is 18.2 Å². The SMILES string of the molecule is COC(=O)c1ccc(NC(=O)CSC2=NNC(=O)C3CC(c4ccco4)NN23)cc1. The third-order valence-electron chi connectivity index (χ3n) is 4.64. The van der Waals surface area contributed by atoms with E-state index in [2.05, 4.69) is 26.0 Å². The number of fused-ring (bicyclic) bond motifs is 1. The molecule has 2 aliphatic heterocycles. The Morgan fingerprint density at radius 3 is 2.83 bits per heavy atom. The number of nitrogens with one attached hydrogen (secondary N) is 3. The number of carbonyl (C=O) groups is 3. The number of ether oxygens (including phenoxy) is 1. The van der Waals surface area contributed by atoms with Gasteiger partial charge in [0.25, 0.3) is 5.91 Å². The van der Waals surface area contributed by atoms with Crippen molar-refractivity contribution in [3.63, 3.8) is 0 Å². The highest BCUT2D eigenvalue weighted by atomic mass is 32.2. The second kappa shape index (κ2) is 8.59. The maximum Gasteiger partial charge on any atom is 0.337 e. The highest BCUT2D eigenvalue weighted by Gasteiger charge is 2.42. The van der Waals surface area contributed by atoms with Crippen LogP contribution in [0.1, 0.15) is 28.6 Å². The van der Waals surface area contributed by atoms with Crippen molar-refractivity contribution in [2.45, 2.75) is 18.5 Å². The number of carbonyl (C=O) groups excluding carboxylic acids is 3. The van der Waals surface area contributed by atoms with Crippen molar-refractivity contribution in [3.05, 3.63) is 54.0 Å². The first-order chi connectivity index (χ1) is 14.5. The zero-order valence-electron chi connectivity index (χ0n) is 16.0. The molecule has 0 bridgehead atoms. The van der Waals surface area contributed by atoms with Gasteiger partial charge in [0.1, 0.15) is 11.8 Å². The van der Waals surface area contributed by atoms with Crippen LogP contribution in [0.5, 0.6) is 0 Å². The molecule has 0 radical (unpaired) electrons. The van der Waals surface area contributed by atoms with Gasteiger partial charge in [0.15, 0.2) is 5.17 Å². The van der Waals surface area contributed by atoms with Gasteiger partial charge >= 0.3 is 5.97 Å². The van der Waals surface area contributed by atoms with Gasteiger partial charge in [-0.05, 0) is 36.4 Å². The number of esters is 1. The molecule has 2 amide bonds. The Labute approximate surface area is 176 Å². The molecule has 2 atom stereocenters. The van der Waals surface area contributed by atoms with E-state index in [0.29, 0.717) is 22.8 Å². The molecular weight excluding hydrogens is 410 g/mol. The van der Waals surface area contributed by atoms with E-state index in [-0.39, 0.29) is 23.6 Å². The van der Waals surface area contributed by atoms with Crippen molar-refractivity contribution in [1.29, 1.82) is 0 Å². The molecule has 2 aromatic rings. The van der Waals surface area contributed by atoms with E-state index in [4.69, 9.17) is 4.42 Å². The number of rotatable bonds is 5. The predicted octanol–water partition coefficient (Wildman–Crippen LogP) is 1.46. The number of hydrazine groups is 1. The highest BCUT2D eigenvalue weighted by molar-refractivity contribution is 8.14. The van der Waals surface area contributed by atoms with Crippen LogP contribution < -0.4 is 16.2 Å². The van der Waals surface area contributed by atoms with Gasteiger partial charge in [-0.15, -0.1) is 5.10 Å². The van der Waals surface area contributed by atoms with Crippen LogP contribution in [0.3, 0.4) is 0 Å². The minimum absolute atomic E-state index is 0.0871. The molecule has 11 heteroatoms. The second-order valence-electron chi connectivity index (χ2n) is 6.59. The summed E-state index contributed by atoms with van der Waals surface area (Å²) in [4.78, 5) is 35.9. The van der Waals surface area contributed by atoms with Gasteiger partial charge in [-0.2, -0.15) is 0 Å². The fraction of sp³-hybridized carbons (Fsp3) is 0.263. The van der Waals surface area contributed by atoms with Crippen LogP contribution in [-0.4, -0.2) is 46.9 Å². The minimum atomic E-state index is -0.443. The largest absolute Gasteiger partial charge is 0.468 e. The number of anilines is 1. The van der Waals surface area contributed by atoms with E-state index in [0.717, 1.165) is 5.76 Å². The van der Waals surface area contributed by atoms with E-state index in [1.807, 2.05) is 6.07 Å². The standard InChI is InChI=1S/C19H19N5O5S/c1-28-18(27)11-4-6-12(7-5-11)20-16(25)10-30-19-22-21-17(26)14-9-13(23-24(14)19)15-3-2-8-29-15/h2-8,13-14,23H,9-10H2,1H3,(H,20,25)(H,21,26). The van der Waals surface area contributed by atoms with Gasteiger partial charge < -0.3 is 14.5 Å². The lowest BCUT2D eigenvalue weighted by molar-refractivity contribution is -0.125. The van der Waals surface area contributed by atoms with E-state index >= 15 is 0 Å². The fourth-order valence-corrected chi connectivity index (χ4v) is 3.95. The Hall–Kier alpha value is -3.31. The third kappa shape index (κ3) is 4.16. The molecule has 1 aromatic heterocycles. The molecule has 30 heavy (non-hydrogen) atoms. The fourth-order valence-electron chi connectivity index (χ4n) is 3.19. The topological polar surface area (TPSA) is 125 Å². The predicted molar refractivity (Wildman–Crippen MR) is 109 cm³/mol. The van der Waals surface area contributed by atoms with Gasteiger partial charge in [-0.25, -0.2) is 15.6 Å². The molecule has 156 valence electrons. The maximum atomic E-state index is 12.3. The van der Waals surface area contributed by atoms with Gasteiger partial charge in [-0.3, -0.25) is 14.6 Å². The molecule has 1 saturated heterocycles. The first-order valence-corrected chi connectivity index (χ1v) is 10.1. The summed E-state index contributed by atoms with van der Waals surface area (Å²) >= 11 is 1.20. The second-order valence-corrected chi connectivity index (χ2v) is 7.54. The first-order valence-electron chi connectivity index (χ1n) is 9.12. The molecular formula is C19H19N5O5S. The summed E-state index contributed by atoms with van der Waals surface area (Å²) in [6, 6.07) is 9.44. The first kappa shape index (κ1) is 20.0. The Bertz CT molecular complexity index is 976. The summed E-state index contributed by atoms with van der Waals surface area (Å²) in [5.74, 6) is -0.0835. The Kier molecular flexibility index (Phi) is 5.72. The Morgan fingerprint density at radius 2 is 2.13 bits per heavy atom. The van der Waals surface area contributed by atoms with Crippen LogP contribution in [0.2, 0.25) is 0 Å². The lowest BCUT2D eigenvalue weighted by Crippen LogP contribution is -2.52. The van der Waals surface area contributed by atoms with Crippen LogP contribution in [0.25, 0.3) is 0 Å². The summed E-state index contributed by atoms with van der Waals surface area (Å²) in [7, 11) is 1.31. The Balaban J connectivity index is 1.34. The number of hydrogen-bond acceptors (Lipinski definition) is 9. The van der Waals surface area contributed by atoms with Gasteiger partial charge in [0.2, 0.25) is 5.91 Å². The number of amides is 2. The lowest BCUT2D eigenvalue weighted by Gasteiger charge is -2.29. The third-order valence-corrected chi connectivity index (χ3v) is 5.60. The van der Waals surface area contributed by atoms with E-state index in [1.165, 1.54) is 18.9 Å². The lowest BCUT2D eigenvalue weighted by atomic mass is 10.1. The highest BCUT2D eigenvalue weighted by Crippen LogP contribution is 2.31. The molecule has 0 aliphatic carbocycles. The average Bonchev–Trinajstić information content (AvgIpc) is 3.43. The molecule has 4 rings (SSSR count). The van der Waals surface area contributed by atoms with E-state index < -0.39 is 12.0 Å². The molecule has 1 fully saturated rings. The molecule has 1 aromatic carbocycles. The molecule has 2 unspecified atom stereocenters. The van der Waals surface area contributed by atoms with Crippen LogP contribution >= 0.6 is 11.8 Å². The number of hydrogen-bond donors (Lipinski definition) is 3. The molecule has 10 nitrogen and oxygen atoms in total. The number of furan rings is 1. The Morgan fingerprint density at radius 1 is 1.33 bits per heavy atom. The number of amidine groups is 1. The van der Waals surface area contributed by atoms with Crippen molar-refractivity contribution < 1.29 is 23.5 Å². The van der Waals surface area contributed by atoms with Crippen molar-refractivity contribution in [1.82, 2.24) is 15.9 Å². The van der Waals surface area contributed by atoms with Gasteiger partial charge in [-0.1, -0.05) is 11.8 Å². The summed E-state index contributed by atoms with van der Waals surface area (Å²) in [5.41, 5.74) is 6.68. The zero-order chi connectivity index (χ0) is 21.1. The molecule has 3 heterocycles. The summed E-state index contributed by atoms with van der Waals surface area (Å²) in [5, 5.41) is 8.99. The van der Waals surface area contributed by atoms with Crippen LogP contribution in [0, 0.1) is 0 Å². The van der Waals surface area contributed by atoms with Crippen LogP contribution in [0.4, 0.5) is 5.69 Å². The van der Waals surface area contributed by atoms with Crippen LogP contribution in [-0.2, 0) is 14.3 Å². The average molecular weight is 429 g/mol. The van der Waals surface area contributed by atoms with Crippen molar-refractivity contribution in [3.8, 4) is 0 Å². The molecule has 2 aliphatic rings. The zero-order valence-corrected chi connectivity index (χ0v) is 16.8. The summed E-state index contributed by atoms with van der Waals surface area (Å²) < 4.78 is 10.1. The van der Waals surface area contributed by atoms with Crippen LogP contribution in [0.15, 0.2) is 52.2 Å². The number of hydrazone groups is 1. The van der Waals surface area contributed by atoms with Gasteiger partial charge in [0, 0.05) is 12.1 Å². The van der Waals surface area contributed by atoms with E-state index in [9.17, 15) is 14.4 Å². The van der Waals surface area contributed by atoms with Crippen molar-refractivity contribution in [2.24, 2.45) is 5.10 Å². The van der Waals surface area contributed by atoms with Crippen molar-refractivity contribution >= 4 is 40.4 Å². The molecule has 0 saturated carbocycles.